The lowest BCUT2D eigenvalue weighted by molar-refractivity contribution is 0.415. The van der Waals surface area contributed by atoms with Crippen LogP contribution in [0, 0.1) is 0 Å². The first kappa shape index (κ1) is 14.5. The van der Waals surface area contributed by atoms with Crippen molar-refractivity contribution in [2.75, 3.05) is 12.8 Å². The zero-order chi connectivity index (χ0) is 15.5. The van der Waals surface area contributed by atoms with Crippen LogP contribution in [-0.4, -0.2) is 12.1 Å². The first-order chi connectivity index (χ1) is 10.7. The number of hydrogen-bond donors (Lipinski definition) is 2. The highest BCUT2D eigenvalue weighted by Crippen LogP contribution is 2.24. The maximum Gasteiger partial charge on any atom is 0.252 e. The molecule has 0 fully saturated rings. The predicted octanol–water partition coefficient (Wildman–Crippen LogP) is 3.41. The van der Waals surface area contributed by atoms with E-state index in [1.54, 1.807) is 18.9 Å². The highest BCUT2D eigenvalue weighted by molar-refractivity contribution is 7.98. The molecule has 0 atom stereocenters. The number of aromatic nitrogens is 1. The van der Waals surface area contributed by atoms with Crippen molar-refractivity contribution in [3.63, 3.8) is 0 Å². The molecule has 22 heavy (non-hydrogen) atoms. The lowest BCUT2D eigenvalue weighted by Crippen LogP contribution is -2.11. The van der Waals surface area contributed by atoms with E-state index in [9.17, 15) is 4.79 Å². The molecule has 0 saturated carbocycles. The maximum atomic E-state index is 12.1. The molecule has 0 bridgehead atoms. The summed E-state index contributed by atoms with van der Waals surface area (Å²) in [6, 6.07) is 15.2. The molecule has 0 amide bonds. The van der Waals surface area contributed by atoms with Crippen LogP contribution >= 0.6 is 11.8 Å². The number of pyridine rings is 1. The second kappa shape index (κ2) is 6.15. The average Bonchev–Trinajstić information content (AvgIpc) is 2.54. The van der Waals surface area contributed by atoms with Gasteiger partial charge < -0.3 is 15.5 Å². The zero-order valence-electron chi connectivity index (χ0n) is 12.1. The molecule has 3 rings (SSSR count). The van der Waals surface area contributed by atoms with Gasteiger partial charge in [-0.1, -0.05) is 0 Å². The molecule has 4 nitrogen and oxygen atoms in total. The van der Waals surface area contributed by atoms with Crippen molar-refractivity contribution >= 4 is 28.4 Å². The van der Waals surface area contributed by atoms with Crippen molar-refractivity contribution in [3.8, 4) is 5.75 Å². The average molecular weight is 312 g/mol. The van der Waals surface area contributed by atoms with Crippen LogP contribution in [0.25, 0.3) is 10.9 Å². The van der Waals surface area contributed by atoms with Gasteiger partial charge >= 0.3 is 0 Å². The number of rotatable bonds is 4. The smallest absolute Gasteiger partial charge is 0.252 e. The van der Waals surface area contributed by atoms with E-state index in [2.05, 4.69) is 4.98 Å². The highest BCUT2D eigenvalue weighted by atomic mass is 32.2. The third kappa shape index (κ3) is 3.09. The maximum absolute atomic E-state index is 12.1. The minimum Gasteiger partial charge on any atom is -0.497 e. The molecule has 3 aromatic rings. The molecule has 1 heterocycles. The van der Waals surface area contributed by atoms with Crippen LogP contribution in [0.15, 0.2) is 58.2 Å². The van der Waals surface area contributed by atoms with Gasteiger partial charge in [0.15, 0.2) is 0 Å². The van der Waals surface area contributed by atoms with E-state index >= 15 is 0 Å². The molecule has 0 aliphatic rings. The molecule has 0 aliphatic heterocycles. The molecule has 2 aromatic carbocycles. The number of methoxy groups -OCH3 is 1. The standard InChI is InChI=1S/C17H16N2O2S/c1-21-14-4-7-16-11(9-14)8-12(17(20)19-16)10-22-15-5-2-13(18)3-6-15/h2-9H,10,18H2,1H3,(H,19,20). The van der Waals surface area contributed by atoms with Crippen LogP contribution in [0.4, 0.5) is 5.69 Å². The number of benzene rings is 2. The largest absolute Gasteiger partial charge is 0.497 e. The normalized spacial score (nSPS) is 10.8. The SMILES string of the molecule is COc1ccc2[nH]c(=O)c(CSc3ccc(N)cc3)cc2c1. The third-order valence-electron chi connectivity index (χ3n) is 3.40. The third-order valence-corrected chi connectivity index (χ3v) is 4.46. The molecule has 0 spiro atoms. The number of nitrogens with two attached hydrogens (primary N) is 1. The number of nitrogens with one attached hydrogen (secondary N) is 1. The second-order valence-corrected chi connectivity index (χ2v) is 5.98. The van der Waals surface area contributed by atoms with Crippen LogP contribution in [0.3, 0.4) is 0 Å². The number of fused-ring (bicyclic) bond motifs is 1. The van der Waals surface area contributed by atoms with Gasteiger partial charge in [0.25, 0.3) is 5.56 Å². The monoisotopic (exact) mass is 312 g/mol. The van der Waals surface area contributed by atoms with Gasteiger partial charge in [-0.2, -0.15) is 0 Å². The van der Waals surface area contributed by atoms with E-state index < -0.39 is 0 Å². The molecular formula is C17H16N2O2S. The molecule has 3 N–H and O–H groups in total. The van der Waals surface area contributed by atoms with Crippen LogP contribution in [0.1, 0.15) is 5.56 Å². The van der Waals surface area contributed by atoms with Crippen LogP contribution in [0.5, 0.6) is 5.75 Å². The summed E-state index contributed by atoms with van der Waals surface area (Å²) in [7, 11) is 1.63. The van der Waals surface area contributed by atoms with Crippen LogP contribution in [0.2, 0.25) is 0 Å². The number of anilines is 1. The predicted molar refractivity (Wildman–Crippen MR) is 91.5 cm³/mol. The molecule has 0 unspecified atom stereocenters. The van der Waals surface area contributed by atoms with Gasteiger partial charge in [0.05, 0.1) is 7.11 Å². The van der Waals surface area contributed by atoms with Gasteiger partial charge in [0.1, 0.15) is 5.75 Å². The Morgan fingerprint density at radius 1 is 1.14 bits per heavy atom. The molecular weight excluding hydrogens is 296 g/mol. The molecule has 5 heteroatoms. The van der Waals surface area contributed by atoms with E-state index in [4.69, 9.17) is 10.5 Å². The Morgan fingerprint density at radius 3 is 2.64 bits per heavy atom. The lowest BCUT2D eigenvalue weighted by Gasteiger charge is -2.06. The van der Waals surface area contributed by atoms with Crippen molar-refractivity contribution in [1.29, 1.82) is 0 Å². The van der Waals surface area contributed by atoms with Gasteiger partial charge in [0.2, 0.25) is 0 Å². The summed E-state index contributed by atoms with van der Waals surface area (Å²) < 4.78 is 5.22. The van der Waals surface area contributed by atoms with Gasteiger partial charge in [-0.15, -0.1) is 11.8 Å². The summed E-state index contributed by atoms with van der Waals surface area (Å²) in [5.74, 6) is 1.38. The Balaban J connectivity index is 1.87. The summed E-state index contributed by atoms with van der Waals surface area (Å²) in [4.78, 5) is 16.1. The summed E-state index contributed by atoms with van der Waals surface area (Å²) in [5.41, 5.74) is 7.90. The summed E-state index contributed by atoms with van der Waals surface area (Å²) >= 11 is 1.61. The Morgan fingerprint density at radius 2 is 1.91 bits per heavy atom. The number of nitrogen functional groups attached to an aromatic ring is 1. The van der Waals surface area contributed by atoms with E-state index in [0.29, 0.717) is 5.75 Å². The molecule has 1 aromatic heterocycles. The summed E-state index contributed by atoms with van der Waals surface area (Å²) in [6.07, 6.45) is 0. The quantitative estimate of drug-likeness (QED) is 0.572. The fourth-order valence-corrected chi connectivity index (χ4v) is 3.05. The molecule has 0 aliphatic carbocycles. The van der Waals surface area contributed by atoms with E-state index in [-0.39, 0.29) is 5.56 Å². The zero-order valence-corrected chi connectivity index (χ0v) is 12.9. The van der Waals surface area contributed by atoms with Gasteiger partial charge in [-0.25, -0.2) is 0 Å². The first-order valence-corrected chi connectivity index (χ1v) is 7.82. The van der Waals surface area contributed by atoms with Crippen molar-refractivity contribution in [3.05, 3.63) is 64.4 Å². The number of aromatic amines is 1. The fourth-order valence-electron chi connectivity index (χ4n) is 2.19. The van der Waals surface area contributed by atoms with Crippen LogP contribution in [-0.2, 0) is 5.75 Å². The number of hydrogen-bond acceptors (Lipinski definition) is 4. The minimum absolute atomic E-state index is 0.0550. The Kier molecular flexibility index (Phi) is 4.06. The number of thioether (sulfide) groups is 1. The lowest BCUT2D eigenvalue weighted by atomic mass is 10.1. The molecule has 112 valence electrons. The van der Waals surface area contributed by atoms with Gasteiger partial charge in [-0.3, -0.25) is 4.79 Å². The number of H-pyrrole nitrogens is 1. The van der Waals surface area contributed by atoms with E-state index in [1.807, 2.05) is 48.5 Å². The topological polar surface area (TPSA) is 68.1 Å². The second-order valence-electron chi connectivity index (χ2n) is 4.93. The minimum atomic E-state index is -0.0550. The molecule has 0 saturated heterocycles. The highest BCUT2D eigenvalue weighted by Gasteiger charge is 2.05. The van der Waals surface area contributed by atoms with E-state index in [1.165, 1.54) is 0 Å². The summed E-state index contributed by atoms with van der Waals surface area (Å²) in [5, 5.41) is 0.965. The molecule has 0 radical (unpaired) electrons. The van der Waals surface area contributed by atoms with Crippen molar-refractivity contribution < 1.29 is 4.74 Å². The van der Waals surface area contributed by atoms with Gasteiger partial charge in [-0.05, 0) is 48.5 Å². The van der Waals surface area contributed by atoms with Gasteiger partial charge in [0, 0.05) is 32.8 Å². The Hall–Kier alpha value is -2.40. The summed E-state index contributed by atoms with van der Waals surface area (Å²) in [6.45, 7) is 0. The number of ether oxygens (including phenoxy) is 1. The Bertz CT molecular complexity index is 857. The van der Waals surface area contributed by atoms with Crippen molar-refractivity contribution in [2.24, 2.45) is 0 Å². The van der Waals surface area contributed by atoms with Crippen molar-refractivity contribution in [2.45, 2.75) is 10.6 Å². The Labute approximate surface area is 132 Å². The van der Waals surface area contributed by atoms with Crippen molar-refractivity contribution in [1.82, 2.24) is 4.98 Å². The van der Waals surface area contributed by atoms with E-state index in [0.717, 1.165) is 32.8 Å². The first-order valence-electron chi connectivity index (χ1n) is 6.84. The van der Waals surface area contributed by atoms with Crippen LogP contribution < -0.4 is 16.0 Å². The fraction of sp³-hybridized carbons (Fsp3) is 0.118.